The lowest BCUT2D eigenvalue weighted by molar-refractivity contribution is -0.532. The maximum atomic E-state index is 11.2. The van der Waals surface area contributed by atoms with Crippen LogP contribution in [0.4, 0.5) is 21.9 Å². The number of nitrogens with one attached hydrogen (secondary N) is 1. The molecule has 1 aromatic carbocycles. The van der Waals surface area contributed by atoms with Gasteiger partial charge < -0.3 is 21.1 Å². The monoisotopic (exact) mass is 318 g/mol. The molecule has 23 heavy (non-hydrogen) atoms. The molecule has 0 bridgehead atoms. The van der Waals surface area contributed by atoms with Gasteiger partial charge >= 0.3 is 11.9 Å². The van der Waals surface area contributed by atoms with Gasteiger partial charge in [-0.1, -0.05) is 5.10 Å². The van der Waals surface area contributed by atoms with E-state index in [0.29, 0.717) is 22.9 Å². The van der Waals surface area contributed by atoms with E-state index in [1.165, 1.54) is 10.9 Å². The predicted molar refractivity (Wildman–Crippen MR) is 91.0 cm³/mol. The molecule has 0 spiro atoms. The topological polar surface area (TPSA) is 132 Å². The van der Waals surface area contributed by atoms with Crippen molar-refractivity contribution in [3.05, 3.63) is 18.2 Å². The molecule has 9 heteroatoms. The van der Waals surface area contributed by atoms with Crippen molar-refractivity contribution in [3.8, 4) is 0 Å². The molecule has 6 N–H and O–H groups in total. The summed E-state index contributed by atoms with van der Waals surface area (Å²) in [6, 6.07) is 4.70. The fourth-order valence-electron chi connectivity index (χ4n) is 2.01. The number of amidine groups is 1. The molecular formula is C14H20N7O2+. The van der Waals surface area contributed by atoms with Crippen LogP contribution in [0.25, 0.3) is 0 Å². The van der Waals surface area contributed by atoms with Crippen LogP contribution in [0.3, 0.4) is 0 Å². The number of β-amino-alcohol motifs (C(OH)–C–C–N with tert-alkyl or cyclic N) is 1. The third kappa shape index (κ3) is 3.83. The number of nitrogens with two attached hydrogens (primary N) is 2. The summed E-state index contributed by atoms with van der Waals surface area (Å²) in [4.78, 5) is 17.5. The smallest absolute Gasteiger partial charge is 0.321 e. The lowest BCUT2D eigenvalue weighted by atomic mass is 10.2. The SMILES string of the molecule is CN(C)c1ccc(N=C2C=N[N+](CCO)=C2N)c(NC(N)=O)c1. The molecule has 122 valence electrons. The van der Waals surface area contributed by atoms with E-state index in [-0.39, 0.29) is 13.2 Å². The zero-order chi connectivity index (χ0) is 17.0. The van der Waals surface area contributed by atoms with Gasteiger partial charge in [0.05, 0.1) is 18.0 Å². The molecule has 0 fully saturated rings. The first-order valence-corrected chi connectivity index (χ1v) is 6.94. The number of aliphatic hydroxyl groups is 1. The number of carbonyl (C=O) groups is 1. The summed E-state index contributed by atoms with van der Waals surface area (Å²) in [6.45, 7) is 0.213. The number of anilines is 2. The molecule has 1 aliphatic heterocycles. The molecule has 0 radical (unpaired) electrons. The summed E-state index contributed by atoms with van der Waals surface area (Å²) in [7, 11) is 3.77. The maximum Gasteiger partial charge on any atom is 0.321 e. The summed E-state index contributed by atoms with van der Waals surface area (Å²) >= 11 is 0. The van der Waals surface area contributed by atoms with Crippen molar-refractivity contribution in [1.82, 2.24) is 0 Å². The van der Waals surface area contributed by atoms with Gasteiger partial charge in [0.2, 0.25) is 0 Å². The number of amides is 2. The Hall–Kier alpha value is -2.94. The number of primary amides is 1. The van der Waals surface area contributed by atoms with Crippen molar-refractivity contribution in [3.63, 3.8) is 0 Å². The number of hydrogen-bond donors (Lipinski definition) is 4. The van der Waals surface area contributed by atoms with Gasteiger partial charge in [0.25, 0.3) is 0 Å². The average Bonchev–Trinajstić information content (AvgIpc) is 2.82. The minimum Gasteiger partial charge on any atom is -0.392 e. The second-order valence-corrected chi connectivity index (χ2v) is 5.06. The number of urea groups is 1. The summed E-state index contributed by atoms with van der Waals surface area (Å²) in [5, 5.41) is 15.6. The van der Waals surface area contributed by atoms with Crippen molar-refractivity contribution >= 4 is 40.9 Å². The van der Waals surface area contributed by atoms with E-state index >= 15 is 0 Å². The average molecular weight is 318 g/mol. The van der Waals surface area contributed by atoms with Crippen LogP contribution in [-0.2, 0) is 0 Å². The standard InChI is InChI=1S/C14H19N7O2/c1-20(2)9-3-4-10(11(7-9)19-14(16)23)18-12-8-17-21(5-6-22)13(12)15/h3-4,7-8,22H,5-6H2,1-2H3,(H4,15,16,17,19,23)/p+1. The highest BCUT2D eigenvalue weighted by Crippen LogP contribution is 2.29. The minimum atomic E-state index is -0.679. The Labute approximate surface area is 133 Å². The van der Waals surface area contributed by atoms with E-state index in [0.717, 1.165) is 5.69 Å². The molecule has 9 nitrogen and oxygen atoms in total. The molecule has 0 saturated carbocycles. The summed E-state index contributed by atoms with van der Waals surface area (Å²) in [6.07, 6.45) is 1.50. The van der Waals surface area contributed by atoms with Crippen LogP contribution in [0.2, 0.25) is 0 Å². The van der Waals surface area contributed by atoms with Crippen molar-refractivity contribution in [1.29, 1.82) is 0 Å². The Balaban J connectivity index is 2.41. The van der Waals surface area contributed by atoms with Gasteiger partial charge in [0, 0.05) is 19.8 Å². The number of aliphatic hydroxyl groups excluding tert-OH is 1. The lowest BCUT2D eigenvalue weighted by Gasteiger charge is -2.15. The number of hydrogen-bond acceptors (Lipinski definition) is 6. The fraction of sp³-hybridized carbons (Fsp3) is 0.286. The number of hydrazone groups is 1. The summed E-state index contributed by atoms with van der Waals surface area (Å²) in [5.74, 6) is 0.334. The Morgan fingerprint density at radius 3 is 2.83 bits per heavy atom. The van der Waals surface area contributed by atoms with Crippen molar-refractivity contribution in [2.24, 2.45) is 21.6 Å². The largest absolute Gasteiger partial charge is 0.392 e. The van der Waals surface area contributed by atoms with Crippen LogP contribution in [0.15, 0.2) is 28.3 Å². The first-order valence-electron chi connectivity index (χ1n) is 6.94. The Morgan fingerprint density at radius 1 is 1.48 bits per heavy atom. The van der Waals surface area contributed by atoms with Crippen LogP contribution in [0.1, 0.15) is 0 Å². The molecule has 2 amide bonds. The van der Waals surface area contributed by atoms with Crippen molar-refractivity contribution in [2.45, 2.75) is 0 Å². The van der Waals surface area contributed by atoms with Crippen LogP contribution in [0.5, 0.6) is 0 Å². The molecule has 2 rings (SSSR count). The van der Waals surface area contributed by atoms with Gasteiger partial charge in [-0.05, 0) is 18.2 Å². The highest BCUT2D eigenvalue weighted by Gasteiger charge is 2.21. The van der Waals surface area contributed by atoms with Gasteiger partial charge in [-0.2, -0.15) is 0 Å². The van der Waals surface area contributed by atoms with Gasteiger partial charge in [0.1, 0.15) is 12.8 Å². The van der Waals surface area contributed by atoms with Crippen LogP contribution in [0, 0.1) is 0 Å². The lowest BCUT2D eigenvalue weighted by Crippen LogP contribution is -2.30. The maximum absolute atomic E-state index is 11.2. The molecule has 0 saturated heterocycles. The van der Waals surface area contributed by atoms with E-state index in [4.69, 9.17) is 16.6 Å². The second kappa shape index (κ2) is 6.88. The number of carbonyl (C=O) groups excluding carboxylic acids is 1. The van der Waals surface area contributed by atoms with E-state index in [9.17, 15) is 4.79 Å². The highest BCUT2D eigenvalue weighted by molar-refractivity contribution is 6.62. The van der Waals surface area contributed by atoms with E-state index in [2.05, 4.69) is 15.4 Å². The first-order chi connectivity index (χ1) is 10.9. The Morgan fingerprint density at radius 2 is 2.22 bits per heavy atom. The number of benzene rings is 1. The first kappa shape index (κ1) is 16.4. The molecule has 0 atom stereocenters. The third-order valence-corrected chi connectivity index (χ3v) is 3.17. The van der Waals surface area contributed by atoms with Gasteiger partial charge in [-0.25, -0.2) is 9.79 Å². The van der Waals surface area contributed by atoms with Crippen LogP contribution < -0.4 is 21.7 Å². The minimum absolute atomic E-state index is 0.0721. The third-order valence-electron chi connectivity index (χ3n) is 3.17. The molecule has 1 heterocycles. The zero-order valence-corrected chi connectivity index (χ0v) is 13.0. The molecular weight excluding hydrogens is 298 g/mol. The fourth-order valence-corrected chi connectivity index (χ4v) is 2.01. The highest BCUT2D eigenvalue weighted by atomic mass is 16.3. The number of rotatable bonds is 5. The zero-order valence-electron chi connectivity index (χ0n) is 13.0. The Bertz CT molecular complexity index is 707. The summed E-state index contributed by atoms with van der Waals surface area (Å²) < 4.78 is 1.45. The van der Waals surface area contributed by atoms with E-state index in [1.807, 2.05) is 25.1 Å². The van der Waals surface area contributed by atoms with E-state index in [1.54, 1.807) is 12.1 Å². The van der Waals surface area contributed by atoms with Crippen LogP contribution >= 0.6 is 0 Å². The molecule has 1 aromatic rings. The number of nitrogens with zero attached hydrogens (tertiary/aromatic N) is 4. The Kier molecular flexibility index (Phi) is 4.91. The van der Waals surface area contributed by atoms with Gasteiger partial charge in [0.15, 0.2) is 5.71 Å². The van der Waals surface area contributed by atoms with Gasteiger partial charge in [-0.3, -0.25) is 5.73 Å². The van der Waals surface area contributed by atoms with E-state index < -0.39 is 6.03 Å². The number of aliphatic imine (C=N–C) groups is 1. The van der Waals surface area contributed by atoms with Crippen molar-refractivity contribution < 1.29 is 14.6 Å². The van der Waals surface area contributed by atoms with Gasteiger partial charge in [-0.15, -0.1) is 4.68 Å². The quantitative estimate of drug-likeness (QED) is 0.554. The van der Waals surface area contributed by atoms with Crippen LogP contribution in [-0.4, -0.2) is 60.8 Å². The predicted octanol–water partition coefficient (Wildman–Crippen LogP) is -0.323. The second-order valence-electron chi connectivity index (χ2n) is 5.06. The van der Waals surface area contributed by atoms with Crippen molar-refractivity contribution in [2.75, 3.05) is 37.5 Å². The normalized spacial score (nSPS) is 15.3. The molecule has 0 aromatic heterocycles. The molecule has 1 aliphatic rings. The summed E-state index contributed by atoms with van der Waals surface area (Å²) in [5.41, 5.74) is 13.5. The molecule has 0 aliphatic carbocycles. The molecule has 0 unspecified atom stereocenters.